The molecule has 0 aliphatic heterocycles. The van der Waals surface area contributed by atoms with Crippen molar-refractivity contribution in [1.29, 1.82) is 0 Å². The minimum atomic E-state index is -0.659. The smallest absolute Gasteiger partial charge is 0.261 e. The van der Waals surface area contributed by atoms with Crippen molar-refractivity contribution >= 4 is 29.3 Å². The molecule has 1 aromatic heterocycles. The first-order valence-electron chi connectivity index (χ1n) is 10.9. The Hall–Kier alpha value is -3.53. The molecular formula is C24H29N5O4S. The van der Waals surface area contributed by atoms with E-state index in [1.165, 1.54) is 17.3 Å². The summed E-state index contributed by atoms with van der Waals surface area (Å²) in [7, 11) is 3.34. The predicted molar refractivity (Wildman–Crippen MR) is 131 cm³/mol. The van der Waals surface area contributed by atoms with E-state index < -0.39 is 6.10 Å². The average molecular weight is 484 g/mol. The van der Waals surface area contributed by atoms with Crippen LogP contribution in [0.2, 0.25) is 0 Å². The third-order valence-electron chi connectivity index (χ3n) is 5.07. The summed E-state index contributed by atoms with van der Waals surface area (Å²) in [4.78, 5) is 24.8. The van der Waals surface area contributed by atoms with Gasteiger partial charge in [0.05, 0.1) is 25.1 Å². The number of hydrogen-bond acceptors (Lipinski definition) is 7. The number of carbonyl (C=O) groups excluding carboxylic acids is 2. The Bertz CT molecular complexity index is 1120. The lowest BCUT2D eigenvalue weighted by molar-refractivity contribution is -0.127. The second-order valence-electron chi connectivity index (χ2n) is 7.47. The summed E-state index contributed by atoms with van der Waals surface area (Å²) >= 11 is 1.25. The topological polar surface area (TPSA) is 107 Å². The number of ether oxygens (including phenoxy) is 2. The zero-order valence-electron chi connectivity index (χ0n) is 19.7. The number of amides is 2. The highest BCUT2D eigenvalue weighted by Crippen LogP contribution is 2.24. The van der Waals surface area contributed by atoms with Crippen LogP contribution in [0.1, 0.15) is 25.2 Å². The Labute approximate surface area is 203 Å². The van der Waals surface area contributed by atoms with Gasteiger partial charge in [-0.2, -0.15) is 0 Å². The minimum Gasteiger partial charge on any atom is -0.495 e. The quantitative estimate of drug-likeness (QED) is 0.403. The fourth-order valence-electron chi connectivity index (χ4n) is 3.06. The van der Waals surface area contributed by atoms with Gasteiger partial charge in [-0.15, -0.1) is 10.2 Å². The van der Waals surface area contributed by atoms with E-state index >= 15 is 0 Å². The van der Waals surface area contributed by atoms with Crippen LogP contribution in [0.5, 0.6) is 11.5 Å². The van der Waals surface area contributed by atoms with Crippen molar-refractivity contribution in [2.24, 2.45) is 7.05 Å². The van der Waals surface area contributed by atoms with Gasteiger partial charge < -0.3 is 24.7 Å². The van der Waals surface area contributed by atoms with Crippen molar-refractivity contribution in [2.75, 3.05) is 18.2 Å². The lowest BCUT2D eigenvalue weighted by Crippen LogP contribution is -2.36. The summed E-state index contributed by atoms with van der Waals surface area (Å²) in [6, 6.07) is 14.9. The SMILES string of the molecule is CCc1ccc(O[C@H](C)C(=O)NCc2nnc(SCC(=O)Nc3ccccc3OC)n2C)cc1. The van der Waals surface area contributed by atoms with Gasteiger partial charge in [0, 0.05) is 7.05 Å². The molecule has 0 aliphatic carbocycles. The molecule has 180 valence electrons. The molecule has 0 spiro atoms. The number of hydrogen-bond donors (Lipinski definition) is 2. The summed E-state index contributed by atoms with van der Waals surface area (Å²) in [6.07, 6.45) is 0.286. The Morgan fingerprint density at radius 1 is 1.12 bits per heavy atom. The number of nitrogens with zero attached hydrogens (tertiary/aromatic N) is 3. The molecule has 0 radical (unpaired) electrons. The van der Waals surface area contributed by atoms with Gasteiger partial charge in [-0.1, -0.05) is 43.0 Å². The summed E-state index contributed by atoms with van der Waals surface area (Å²) in [6.45, 7) is 3.97. The van der Waals surface area contributed by atoms with Crippen LogP contribution in [0.25, 0.3) is 0 Å². The Morgan fingerprint density at radius 3 is 2.56 bits per heavy atom. The number of aryl methyl sites for hydroxylation is 1. The zero-order valence-corrected chi connectivity index (χ0v) is 20.5. The summed E-state index contributed by atoms with van der Waals surface area (Å²) in [5.41, 5.74) is 1.81. The first kappa shape index (κ1) is 25.1. The number of methoxy groups -OCH3 is 1. The van der Waals surface area contributed by atoms with E-state index in [0.29, 0.717) is 28.2 Å². The van der Waals surface area contributed by atoms with Crippen molar-refractivity contribution in [3.63, 3.8) is 0 Å². The number of aromatic nitrogens is 3. The molecule has 2 N–H and O–H groups in total. The second-order valence-corrected chi connectivity index (χ2v) is 8.41. The number of benzene rings is 2. The Balaban J connectivity index is 1.47. The van der Waals surface area contributed by atoms with E-state index in [1.807, 2.05) is 36.4 Å². The molecule has 0 saturated heterocycles. The highest BCUT2D eigenvalue weighted by Gasteiger charge is 2.17. The van der Waals surface area contributed by atoms with Crippen LogP contribution in [-0.2, 0) is 29.6 Å². The number of para-hydroxylation sites is 2. The monoisotopic (exact) mass is 483 g/mol. The molecule has 34 heavy (non-hydrogen) atoms. The Morgan fingerprint density at radius 2 is 1.85 bits per heavy atom. The molecule has 10 heteroatoms. The van der Waals surface area contributed by atoms with Crippen LogP contribution in [-0.4, -0.2) is 45.5 Å². The molecule has 3 aromatic rings. The normalized spacial score (nSPS) is 11.5. The van der Waals surface area contributed by atoms with Crippen LogP contribution in [0, 0.1) is 0 Å². The van der Waals surface area contributed by atoms with Gasteiger partial charge >= 0.3 is 0 Å². The van der Waals surface area contributed by atoms with Gasteiger partial charge in [-0.05, 0) is 43.2 Å². The van der Waals surface area contributed by atoms with Crippen LogP contribution < -0.4 is 20.1 Å². The second kappa shape index (κ2) is 12.1. The van der Waals surface area contributed by atoms with Gasteiger partial charge in [0.1, 0.15) is 11.5 Å². The van der Waals surface area contributed by atoms with E-state index in [9.17, 15) is 9.59 Å². The van der Waals surface area contributed by atoms with Crippen molar-refractivity contribution in [3.8, 4) is 11.5 Å². The first-order valence-corrected chi connectivity index (χ1v) is 11.9. The minimum absolute atomic E-state index is 0.151. The molecule has 1 heterocycles. The van der Waals surface area contributed by atoms with Crippen molar-refractivity contribution in [3.05, 3.63) is 59.9 Å². The largest absolute Gasteiger partial charge is 0.495 e. The third kappa shape index (κ3) is 6.74. The first-order chi connectivity index (χ1) is 16.4. The number of carbonyl (C=O) groups is 2. The van der Waals surface area contributed by atoms with E-state index in [-0.39, 0.29) is 24.1 Å². The zero-order chi connectivity index (χ0) is 24.5. The molecule has 2 amide bonds. The summed E-state index contributed by atoms with van der Waals surface area (Å²) in [5.74, 6) is 1.51. The number of nitrogens with one attached hydrogen (secondary N) is 2. The molecule has 3 rings (SSSR count). The highest BCUT2D eigenvalue weighted by atomic mass is 32.2. The lowest BCUT2D eigenvalue weighted by Gasteiger charge is -2.15. The van der Waals surface area contributed by atoms with Crippen LogP contribution in [0.4, 0.5) is 5.69 Å². The maximum atomic E-state index is 12.4. The van der Waals surface area contributed by atoms with Gasteiger partial charge in [0.2, 0.25) is 5.91 Å². The number of anilines is 1. The fraction of sp³-hybridized carbons (Fsp3) is 0.333. The fourth-order valence-corrected chi connectivity index (χ4v) is 3.79. The van der Waals surface area contributed by atoms with Gasteiger partial charge in [-0.25, -0.2) is 0 Å². The number of rotatable bonds is 11. The molecule has 0 bridgehead atoms. The van der Waals surface area contributed by atoms with Crippen molar-refractivity contribution in [1.82, 2.24) is 20.1 Å². The molecule has 0 fully saturated rings. The lowest BCUT2D eigenvalue weighted by atomic mass is 10.2. The number of thioether (sulfide) groups is 1. The van der Waals surface area contributed by atoms with Crippen molar-refractivity contribution < 1.29 is 19.1 Å². The highest BCUT2D eigenvalue weighted by molar-refractivity contribution is 7.99. The standard InChI is InChI=1S/C24H29N5O4S/c1-5-17-10-12-18(13-11-17)33-16(2)23(31)25-14-21-27-28-24(29(21)3)34-15-22(30)26-19-8-6-7-9-20(19)32-4/h6-13,16H,5,14-15H2,1-4H3,(H,25,31)(H,26,30)/t16-/m1/s1. The summed E-state index contributed by atoms with van der Waals surface area (Å²) < 4.78 is 12.7. The van der Waals surface area contributed by atoms with Crippen LogP contribution in [0.15, 0.2) is 53.7 Å². The van der Waals surface area contributed by atoms with E-state index in [2.05, 4.69) is 27.8 Å². The molecule has 2 aromatic carbocycles. The molecule has 1 atom stereocenters. The Kier molecular flexibility index (Phi) is 8.92. The van der Waals surface area contributed by atoms with Crippen LogP contribution >= 0.6 is 11.8 Å². The van der Waals surface area contributed by atoms with E-state index in [1.54, 1.807) is 37.8 Å². The molecule has 0 aliphatic rings. The van der Waals surface area contributed by atoms with E-state index in [0.717, 1.165) is 6.42 Å². The van der Waals surface area contributed by atoms with Gasteiger partial charge in [-0.3, -0.25) is 9.59 Å². The maximum absolute atomic E-state index is 12.4. The van der Waals surface area contributed by atoms with E-state index in [4.69, 9.17) is 9.47 Å². The van der Waals surface area contributed by atoms with Gasteiger partial charge in [0.15, 0.2) is 17.1 Å². The molecule has 0 saturated carbocycles. The predicted octanol–water partition coefficient (Wildman–Crippen LogP) is 3.20. The van der Waals surface area contributed by atoms with Crippen molar-refractivity contribution in [2.45, 2.75) is 38.1 Å². The third-order valence-corrected chi connectivity index (χ3v) is 6.09. The average Bonchev–Trinajstić information content (AvgIpc) is 3.21. The molecule has 9 nitrogen and oxygen atoms in total. The maximum Gasteiger partial charge on any atom is 0.261 e. The van der Waals surface area contributed by atoms with Gasteiger partial charge in [0.25, 0.3) is 5.91 Å². The van der Waals surface area contributed by atoms with Crippen LogP contribution in [0.3, 0.4) is 0 Å². The molecular weight excluding hydrogens is 454 g/mol. The summed E-state index contributed by atoms with van der Waals surface area (Å²) in [5, 5.41) is 14.5. The molecule has 0 unspecified atom stereocenters.